The van der Waals surface area contributed by atoms with E-state index in [1.54, 1.807) is 12.3 Å². The topological polar surface area (TPSA) is 85.7 Å². The van der Waals surface area contributed by atoms with Crippen molar-refractivity contribution < 1.29 is 15.0 Å². The fourth-order valence-electron chi connectivity index (χ4n) is 1.92. The number of aromatic nitrogens is 1. The number of nitrogens with zero attached hydrogens (tertiary/aromatic N) is 2. The zero-order valence-corrected chi connectivity index (χ0v) is 9.33. The summed E-state index contributed by atoms with van der Waals surface area (Å²) in [5, 5.41) is 20.1. The molecule has 1 saturated heterocycles. The summed E-state index contributed by atoms with van der Waals surface area (Å²) < 4.78 is 0. The highest BCUT2D eigenvalue weighted by atomic mass is 16.4. The van der Waals surface area contributed by atoms with Gasteiger partial charge in [0, 0.05) is 25.8 Å². The minimum atomic E-state index is -1.12. The molecular formula is C11H15N3O3. The molecule has 0 radical (unpaired) electrons. The van der Waals surface area contributed by atoms with Gasteiger partial charge in [0.15, 0.2) is 0 Å². The highest BCUT2D eigenvalue weighted by Crippen LogP contribution is 2.13. The molecule has 1 aromatic rings. The van der Waals surface area contributed by atoms with Crippen molar-refractivity contribution in [2.24, 2.45) is 0 Å². The Morgan fingerprint density at radius 2 is 2.41 bits per heavy atom. The van der Waals surface area contributed by atoms with Crippen molar-refractivity contribution in [2.75, 3.05) is 18.4 Å². The van der Waals surface area contributed by atoms with Gasteiger partial charge in [-0.15, -0.1) is 0 Å². The summed E-state index contributed by atoms with van der Waals surface area (Å²) in [6.07, 6.45) is 1.12. The zero-order valence-electron chi connectivity index (χ0n) is 9.33. The molecule has 0 aromatic carbocycles. The summed E-state index contributed by atoms with van der Waals surface area (Å²) in [6.45, 7) is 2.31. The Kier molecular flexibility index (Phi) is 3.55. The van der Waals surface area contributed by atoms with Crippen LogP contribution in [0.15, 0.2) is 18.3 Å². The lowest BCUT2D eigenvalue weighted by Gasteiger charge is -2.14. The maximum atomic E-state index is 10.4. The molecule has 0 aliphatic carbocycles. The molecule has 1 fully saturated rings. The van der Waals surface area contributed by atoms with Gasteiger partial charge < -0.3 is 10.2 Å². The Bertz CT molecular complexity index is 393. The highest BCUT2D eigenvalue weighted by molar-refractivity contribution is 5.81. The number of amides is 1. The SMILES string of the molecule is O=C(O)Nc1ccc(CN2CC[C@@H](O)C2)cn1. The van der Waals surface area contributed by atoms with E-state index in [4.69, 9.17) is 5.11 Å². The molecule has 1 aliphatic heterocycles. The molecule has 6 heteroatoms. The van der Waals surface area contributed by atoms with Gasteiger partial charge in [0.1, 0.15) is 5.82 Å². The van der Waals surface area contributed by atoms with E-state index in [0.717, 1.165) is 25.1 Å². The quantitative estimate of drug-likeness (QED) is 0.721. The van der Waals surface area contributed by atoms with Crippen molar-refractivity contribution in [3.05, 3.63) is 23.9 Å². The molecule has 1 atom stereocenters. The molecule has 0 unspecified atom stereocenters. The average molecular weight is 237 g/mol. The van der Waals surface area contributed by atoms with Gasteiger partial charge in [-0.25, -0.2) is 9.78 Å². The molecule has 92 valence electrons. The fraction of sp³-hybridized carbons (Fsp3) is 0.455. The lowest BCUT2D eigenvalue weighted by molar-refractivity contribution is 0.174. The Morgan fingerprint density at radius 3 is 2.94 bits per heavy atom. The van der Waals surface area contributed by atoms with Crippen LogP contribution in [0.2, 0.25) is 0 Å². The fourth-order valence-corrected chi connectivity index (χ4v) is 1.92. The molecular weight excluding hydrogens is 222 g/mol. The van der Waals surface area contributed by atoms with Crippen LogP contribution in [0.4, 0.5) is 10.6 Å². The molecule has 3 N–H and O–H groups in total. The Morgan fingerprint density at radius 1 is 1.59 bits per heavy atom. The second kappa shape index (κ2) is 5.11. The first-order valence-corrected chi connectivity index (χ1v) is 5.49. The van der Waals surface area contributed by atoms with Crippen LogP contribution in [0.3, 0.4) is 0 Å². The lowest BCUT2D eigenvalue weighted by atomic mass is 10.2. The summed E-state index contributed by atoms with van der Waals surface area (Å²) >= 11 is 0. The van der Waals surface area contributed by atoms with Crippen LogP contribution in [-0.4, -0.2) is 45.4 Å². The number of rotatable bonds is 3. The first kappa shape index (κ1) is 11.8. The summed E-state index contributed by atoms with van der Waals surface area (Å²) in [6, 6.07) is 3.47. The third-order valence-corrected chi connectivity index (χ3v) is 2.71. The number of aliphatic hydroxyl groups is 1. The molecule has 1 aromatic heterocycles. The van der Waals surface area contributed by atoms with E-state index in [0.29, 0.717) is 12.4 Å². The molecule has 17 heavy (non-hydrogen) atoms. The number of carbonyl (C=O) groups is 1. The van der Waals surface area contributed by atoms with Crippen molar-refractivity contribution in [2.45, 2.75) is 19.1 Å². The number of aliphatic hydroxyl groups excluding tert-OH is 1. The van der Waals surface area contributed by atoms with Crippen LogP contribution in [0.25, 0.3) is 0 Å². The third-order valence-electron chi connectivity index (χ3n) is 2.71. The van der Waals surface area contributed by atoms with Crippen molar-refractivity contribution in [1.29, 1.82) is 0 Å². The lowest BCUT2D eigenvalue weighted by Crippen LogP contribution is -2.21. The molecule has 2 heterocycles. The van der Waals surface area contributed by atoms with E-state index in [-0.39, 0.29) is 6.10 Å². The number of likely N-dealkylation sites (tertiary alicyclic amines) is 1. The second-order valence-electron chi connectivity index (χ2n) is 4.16. The summed E-state index contributed by atoms with van der Waals surface area (Å²) in [4.78, 5) is 16.5. The normalized spacial score (nSPS) is 20.4. The summed E-state index contributed by atoms with van der Waals surface area (Å²) in [7, 11) is 0. The number of anilines is 1. The number of hydrogen-bond acceptors (Lipinski definition) is 4. The van der Waals surface area contributed by atoms with Gasteiger partial charge in [0.2, 0.25) is 0 Å². The van der Waals surface area contributed by atoms with Gasteiger partial charge in [0.05, 0.1) is 6.10 Å². The maximum Gasteiger partial charge on any atom is 0.410 e. The first-order valence-electron chi connectivity index (χ1n) is 5.49. The van der Waals surface area contributed by atoms with Crippen LogP contribution < -0.4 is 5.32 Å². The molecule has 6 nitrogen and oxygen atoms in total. The second-order valence-corrected chi connectivity index (χ2v) is 4.16. The smallest absolute Gasteiger partial charge is 0.410 e. The van der Waals surface area contributed by atoms with Gasteiger partial charge in [-0.05, 0) is 18.1 Å². The number of carboxylic acid groups (broad SMARTS) is 1. The Hall–Kier alpha value is -1.66. The van der Waals surface area contributed by atoms with Crippen molar-refractivity contribution in [3.63, 3.8) is 0 Å². The summed E-state index contributed by atoms with van der Waals surface area (Å²) in [5.41, 5.74) is 1.01. The minimum absolute atomic E-state index is 0.226. The van der Waals surface area contributed by atoms with Gasteiger partial charge in [-0.2, -0.15) is 0 Å². The van der Waals surface area contributed by atoms with Gasteiger partial charge >= 0.3 is 6.09 Å². The van der Waals surface area contributed by atoms with Crippen molar-refractivity contribution in [3.8, 4) is 0 Å². The Labute approximate surface area is 98.9 Å². The monoisotopic (exact) mass is 237 g/mol. The van der Waals surface area contributed by atoms with Crippen LogP contribution in [-0.2, 0) is 6.54 Å². The zero-order chi connectivity index (χ0) is 12.3. The highest BCUT2D eigenvalue weighted by Gasteiger charge is 2.19. The third kappa shape index (κ3) is 3.40. The van der Waals surface area contributed by atoms with Crippen LogP contribution in [0.5, 0.6) is 0 Å². The van der Waals surface area contributed by atoms with Crippen LogP contribution in [0, 0.1) is 0 Å². The van der Waals surface area contributed by atoms with E-state index < -0.39 is 6.09 Å². The number of hydrogen-bond donors (Lipinski definition) is 3. The molecule has 2 rings (SSSR count). The maximum absolute atomic E-state index is 10.4. The molecule has 0 saturated carbocycles. The summed E-state index contributed by atoms with van der Waals surface area (Å²) in [5.74, 6) is 0.322. The van der Waals surface area contributed by atoms with Gasteiger partial charge in [0.25, 0.3) is 0 Å². The minimum Gasteiger partial charge on any atom is -0.465 e. The van der Waals surface area contributed by atoms with E-state index in [9.17, 15) is 9.90 Å². The average Bonchev–Trinajstić information content (AvgIpc) is 2.66. The van der Waals surface area contributed by atoms with Crippen LogP contribution in [0.1, 0.15) is 12.0 Å². The van der Waals surface area contributed by atoms with E-state index in [2.05, 4.69) is 15.2 Å². The number of β-amino-alcohol motifs (C(OH)–C–C–N with tert-alkyl or cyclic N) is 1. The van der Waals surface area contributed by atoms with Crippen molar-refractivity contribution in [1.82, 2.24) is 9.88 Å². The Balaban J connectivity index is 1.91. The number of nitrogens with one attached hydrogen (secondary N) is 1. The first-order chi connectivity index (χ1) is 8.13. The molecule has 0 spiro atoms. The van der Waals surface area contributed by atoms with E-state index in [1.807, 2.05) is 6.07 Å². The standard InChI is InChI=1S/C11H15N3O3/c15-9-3-4-14(7-9)6-8-1-2-10(12-5-8)13-11(16)17/h1-2,5,9,15H,3-4,6-7H2,(H,12,13)(H,16,17)/t9-/m1/s1. The molecule has 1 amide bonds. The van der Waals surface area contributed by atoms with Crippen molar-refractivity contribution >= 4 is 11.9 Å². The molecule has 1 aliphatic rings. The predicted molar refractivity (Wildman–Crippen MR) is 61.8 cm³/mol. The molecule has 0 bridgehead atoms. The van der Waals surface area contributed by atoms with E-state index >= 15 is 0 Å². The largest absolute Gasteiger partial charge is 0.465 e. The van der Waals surface area contributed by atoms with Gasteiger partial charge in [-0.1, -0.05) is 6.07 Å². The van der Waals surface area contributed by atoms with E-state index in [1.165, 1.54) is 0 Å². The predicted octanol–water partition coefficient (Wildman–Crippen LogP) is 0.738. The van der Waals surface area contributed by atoms with Gasteiger partial charge in [-0.3, -0.25) is 10.2 Å². The van der Waals surface area contributed by atoms with Crippen LogP contribution >= 0.6 is 0 Å². The number of pyridine rings is 1.